The second-order valence-corrected chi connectivity index (χ2v) is 4.92. The summed E-state index contributed by atoms with van der Waals surface area (Å²) in [5, 5.41) is 14.8. The molecule has 1 atom stereocenters. The van der Waals surface area contributed by atoms with Gasteiger partial charge in [-0.2, -0.15) is 0 Å². The normalized spacial score (nSPS) is 11.9. The average Bonchev–Trinajstić information content (AvgIpc) is 2.42. The van der Waals surface area contributed by atoms with Crippen molar-refractivity contribution < 1.29 is 4.92 Å². The summed E-state index contributed by atoms with van der Waals surface area (Å²) in [6, 6.07) is 7.90. The maximum absolute atomic E-state index is 10.9. The Morgan fingerprint density at radius 1 is 1.30 bits per heavy atom. The molecule has 1 heterocycles. The van der Waals surface area contributed by atoms with E-state index in [1.54, 1.807) is 18.2 Å². The zero-order chi connectivity index (χ0) is 14.7. The molecule has 0 bridgehead atoms. The van der Waals surface area contributed by atoms with Crippen LogP contribution in [-0.2, 0) is 0 Å². The average molecular weight is 312 g/mol. The van der Waals surface area contributed by atoms with Crippen LogP contribution in [0, 0.1) is 10.1 Å². The Morgan fingerprint density at radius 3 is 2.75 bits per heavy atom. The number of aromatic nitrogens is 1. The second kappa shape index (κ2) is 6.07. The zero-order valence-electron chi connectivity index (χ0n) is 10.5. The highest BCUT2D eigenvalue weighted by atomic mass is 35.5. The fraction of sp³-hybridized carbons (Fsp3) is 0.154. The number of benzene rings is 1. The smallest absolute Gasteiger partial charge is 0.311 e. The third-order valence-electron chi connectivity index (χ3n) is 2.78. The molecule has 0 radical (unpaired) electrons. The first kappa shape index (κ1) is 14.6. The topological polar surface area (TPSA) is 68.1 Å². The summed E-state index contributed by atoms with van der Waals surface area (Å²) in [6.45, 7) is 1.83. The van der Waals surface area contributed by atoms with Gasteiger partial charge in [-0.25, -0.2) is 4.98 Å². The molecule has 0 aliphatic carbocycles. The summed E-state index contributed by atoms with van der Waals surface area (Å²) in [5.74, 6) is 0.195. The summed E-state index contributed by atoms with van der Waals surface area (Å²) < 4.78 is 0. The van der Waals surface area contributed by atoms with Gasteiger partial charge in [0.15, 0.2) is 0 Å². The number of nitrogens with zero attached hydrogens (tertiary/aromatic N) is 2. The summed E-state index contributed by atoms with van der Waals surface area (Å²) in [4.78, 5) is 14.4. The summed E-state index contributed by atoms with van der Waals surface area (Å²) in [7, 11) is 0. The highest BCUT2D eigenvalue weighted by Gasteiger charge is 2.18. The van der Waals surface area contributed by atoms with Gasteiger partial charge >= 0.3 is 5.69 Å². The minimum Gasteiger partial charge on any atom is -0.358 e. The fourth-order valence-electron chi connectivity index (χ4n) is 1.79. The first-order valence-electron chi connectivity index (χ1n) is 5.80. The van der Waals surface area contributed by atoms with Crippen LogP contribution in [0.3, 0.4) is 0 Å². The van der Waals surface area contributed by atoms with Crippen molar-refractivity contribution in [2.75, 3.05) is 5.32 Å². The van der Waals surface area contributed by atoms with Crippen molar-refractivity contribution in [3.63, 3.8) is 0 Å². The van der Waals surface area contributed by atoms with Crippen LogP contribution in [0.2, 0.25) is 10.0 Å². The Morgan fingerprint density at radius 2 is 2.05 bits per heavy atom. The Balaban J connectivity index is 2.30. The van der Waals surface area contributed by atoms with E-state index in [1.807, 2.05) is 6.92 Å². The summed E-state index contributed by atoms with van der Waals surface area (Å²) >= 11 is 12.1. The number of hydrogen-bond acceptors (Lipinski definition) is 4. The van der Waals surface area contributed by atoms with Crippen molar-refractivity contribution in [1.82, 2.24) is 4.98 Å². The van der Waals surface area contributed by atoms with Gasteiger partial charge < -0.3 is 5.32 Å². The van der Waals surface area contributed by atoms with Gasteiger partial charge in [-0.1, -0.05) is 35.3 Å². The summed E-state index contributed by atoms with van der Waals surface area (Å²) in [6.07, 6.45) is 1.49. The molecule has 0 spiro atoms. The Hall–Kier alpha value is -1.85. The number of pyridine rings is 1. The number of nitro groups is 1. The summed E-state index contributed by atoms with van der Waals surface area (Å²) in [5.41, 5.74) is 0.664. The molecule has 0 fully saturated rings. The van der Waals surface area contributed by atoms with Crippen LogP contribution >= 0.6 is 23.2 Å². The van der Waals surface area contributed by atoms with Crippen LogP contribution in [0.15, 0.2) is 36.5 Å². The molecule has 1 aromatic carbocycles. The molecule has 104 valence electrons. The van der Waals surface area contributed by atoms with Crippen LogP contribution < -0.4 is 5.32 Å². The SMILES string of the molecule is CC(Nc1ncccc1[N+](=O)[O-])c1cccc(Cl)c1Cl. The van der Waals surface area contributed by atoms with Gasteiger partial charge in [0, 0.05) is 12.3 Å². The molecular weight excluding hydrogens is 301 g/mol. The molecule has 1 N–H and O–H groups in total. The molecule has 2 rings (SSSR count). The van der Waals surface area contributed by atoms with Gasteiger partial charge in [-0.15, -0.1) is 0 Å². The fourth-order valence-corrected chi connectivity index (χ4v) is 2.26. The molecule has 0 saturated carbocycles. The molecule has 0 amide bonds. The monoisotopic (exact) mass is 311 g/mol. The highest BCUT2D eigenvalue weighted by Crippen LogP contribution is 2.32. The highest BCUT2D eigenvalue weighted by molar-refractivity contribution is 6.42. The molecule has 5 nitrogen and oxygen atoms in total. The Kier molecular flexibility index (Phi) is 4.42. The lowest BCUT2D eigenvalue weighted by Gasteiger charge is -2.16. The molecule has 2 aromatic rings. The standard InChI is InChI=1S/C13H11Cl2N3O2/c1-8(9-4-2-5-10(14)12(9)15)17-13-11(18(19)20)6-3-7-16-13/h2-8H,1H3,(H,16,17). The molecule has 0 aliphatic rings. The van der Waals surface area contributed by atoms with Crippen LogP contribution in [-0.4, -0.2) is 9.91 Å². The van der Waals surface area contributed by atoms with Gasteiger partial charge in [0.05, 0.1) is 21.0 Å². The van der Waals surface area contributed by atoms with E-state index in [2.05, 4.69) is 10.3 Å². The molecule has 7 heteroatoms. The van der Waals surface area contributed by atoms with E-state index in [4.69, 9.17) is 23.2 Å². The number of hydrogen-bond donors (Lipinski definition) is 1. The van der Waals surface area contributed by atoms with Gasteiger partial charge in [0.2, 0.25) is 5.82 Å². The quantitative estimate of drug-likeness (QED) is 0.668. The Labute approximate surface area is 125 Å². The van der Waals surface area contributed by atoms with Gasteiger partial charge in [0.25, 0.3) is 0 Å². The van der Waals surface area contributed by atoms with Crippen molar-refractivity contribution in [3.8, 4) is 0 Å². The minimum absolute atomic E-state index is 0.0856. The van der Waals surface area contributed by atoms with Crippen LogP contribution in [0.5, 0.6) is 0 Å². The number of halogens is 2. The second-order valence-electron chi connectivity index (χ2n) is 4.14. The first-order chi connectivity index (χ1) is 9.50. The van der Waals surface area contributed by atoms with Crippen molar-refractivity contribution in [1.29, 1.82) is 0 Å². The van der Waals surface area contributed by atoms with Crippen molar-refractivity contribution in [3.05, 3.63) is 62.3 Å². The van der Waals surface area contributed by atoms with E-state index in [0.29, 0.717) is 10.0 Å². The van der Waals surface area contributed by atoms with E-state index in [1.165, 1.54) is 18.3 Å². The van der Waals surface area contributed by atoms with Gasteiger partial charge in [-0.05, 0) is 24.6 Å². The van der Waals surface area contributed by atoms with Crippen molar-refractivity contribution >= 4 is 34.7 Å². The third-order valence-corrected chi connectivity index (χ3v) is 3.62. The van der Waals surface area contributed by atoms with E-state index < -0.39 is 4.92 Å². The molecule has 0 aliphatic heterocycles. The number of nitrogens with one attached hydrogen (secondary N) is 1. The van der Waals surface area contributed by atoms with Crippen molar-refractivity contribution in [2.24, 2.45) is 0 Å². The van der Waals surface area contributed by atoms with Crippen LogP contribution in [0.4, 0.5) is 11.5 Å². The molecule has 1 aromatic heterocycles. The van der Waals surface area contributed by atoms with Crippen LogP contribution in [0.25, 0.3) is 0 Å². The maximum atomic E-state index is 10.9. The number of anilines is 1. The largest absolute Gasteiger partial charge is 0.358 e. The zero-order valence-corrected chi connectivity index (χ0v) is 12.0. The lowest BCUT2D eigenvalue weighted by Crippen LogP contribution is -2.10. The van der Waals surface area contributed by atoms with E-state index in [-0.39, 0.29) is 17.5 Å². The first-order valence-corrected chi connectivity index (χ1v) is 6.56. The number of rotatable bonds is 4. The molecular formula is C13H11Cl2N3O2. The predicted octanol–water partition coefficient (Wildman–Crippen LogP) is 4.47. The lowest BCUT2D eigenvalue weighted by atomic mass is 10.1. The van der Waals surface area contributed by atoms with Crippen molar-refractivity contribution in [2.45, 2.75) is 13.0 Å². The van der Waals surface area contributed by atoms with Gasteiger partial charge in [-0.3, -0.25) is 10.1 Å². The van der Waals surface area contributed by atoms with Gasteiger partial charge in [0.1, 0.15) is 0 Å². The predicted molar refractivity (Wildman–Crippen MR) is 79.4 cm³/mol. The van der Waals surface area contributed by atoms with E-state index in [9.17, 15) is 10.1 Å². The van der Waals surface area contributed by atoms with E-state index in [0.717, 1.165) is 5.56 Å². The molecule has 1 unspecified atom stereocenters. The minimum atomic E-state index is -0.484. The lowest BCUT2D eigenvalue weighted by molar-refractivity contribution is -0.384. The maximum Gasteiger partial charge on any atom is 0.311 e. The van der Waals surface area contributed by atoms with E-state index >= 15 is 0 Å². The third kappa shape index (κ3) is 3.00. The Bertz CT molecular complexity index is 649. The molecule has 0 saturated heterocycles. The van der Waals surface area contributed by atoms with Crippen LogP contribution in [0.1, 0.15) is 18.5 Å². The molecule has 20 heavy (non-hydrogen) atoms.